The Labute approximate surface area is 141 Å². The van der Waals surface area contributed by atoms with Gasteiger partial charge in [-0.2, -0.15) is 0 Å². The van der Waals surface area contributed by atoms with Gasteiger partial charge in [0, 0.05) is 24.2 Å². The Morgan fingerprint density at radius 1 is 1.13 bits per heavy atom. The maximum Gasteiger partial charge on any atom is 0.244 e. The van der Waals surface area contributed by atoms with Crippen LogP contribution in [0.25, 0.3) is 0 Å². The van der Waals surface area contributed by atoms with E-state index in [9.17, 15) is 9.59 Å². The second-order valence-corrected chi connectivity index (χ2v) is 5.86. The predicted octanol–water partition coefficient (Wildman–Crippen LogP) is 3.64. The molecular weight excluding hydrogens is 312 g/mol. The molecule has 0 radical (unpaired) electrons. The zero-order valence-corrected chi connectivity index (χ0v) is 13.9. The van der Waals surface area contributed by atoms with Gasteiger partial charge in [0.2, 0.25) is 11.8 Å². The van der Waals surface area contributed by atoms with E-state index >= 15 is 0 Å². The number of aryl methyl sites for hydroxylation is 1. The number of carbonyl (C=O) groups is 2. The van der Waals surface area contributed by atoms with Gasteiger partial charge in [0.15, 0.2) is 0 Å². The number of amides is 2. The van der Waals surface area contributed by atoms with E-state index in [1.54, 1.807) is 12.1 Å². The first kappa shape index (κ1) is 17.0. The molecule has 0 aliphatic carbocycles. The first-order valence-corrected chi connectivity index (χ1v) is 7.68. The lowest BCUT2D eigenvalue weighted by Gasteiger charge is -2.20. The van der Waals surface area contributed by atoms with Crippen LogP contribution in [0.1, 0.15) is 18.1 Å². The monoisotopic (exact) mass is 330 g/mol. The van der Waals surface area contributed by atoms with Gasteiger partial charge in [-0.3, -0.25) is 9.59 Å². The lowest BCUT2D eigenvalue weighted by atomic mass is 10.2. The van der Waals surface area contributed by atoms with Crippen molar-refractivity contribution in [3.05, 3.63) is 64.7 Å². The summed E-state index contributed by atoms with van der Waals surface area (Å²) >= 11 is 5.85. The molecule has 0 heterocycles. The minimum atomic E-state index is -0.222. The molecule has 2 amide bonds. The van der Waals surface area contributed by atoms with Crippen LogP contribution in [0.15, 0.2) is 48.5 Å². The van der Waals surface area contributed by atoms with Gasteiger partial charge >= 0.3 is 0 Å². The Bertz CT molecular complexity index is 698. The summed E-state index contributed by atoms with van der Waals surface area (Å²) in [4.78, 5) is 25.4. The van der Waals surface area contributed by atoms with Gasteiger partial charge < -0.3 is 10.2 Å². The van der Waals surface area contributed by atoms with Crippen molar-refractivity contribution >= 4 is 29.1 Å². The van der Waals surface area contributed by atoms with Gasteiger partial charge in [0.1, 0.15) is 6.54 Å². The van der Waals surface area contributed by atoms with Crippen LogP contribution in [0.4, 0.5) is 5.69 Å². The first-order valence-electron chi connectivity index (χ1n) is 7.30. The molecule has 2 aromatic rings. The summed E-state index contributed by atoms with van der Waals surface area (Å²) in [6.07, 6.45) is 0. The highest BCUT2D eigenvalue weighted by atomic mass is 35.5. The Kier molecular flexibility index (Phi) is 5.77. The minimum absolute atomic E-state index is 0.00585. The number of nitrogens with zero attached hydrogens (tertiary/aromatic N) is 1. The quantitative estimate of drug-likeness (QED) is 0.910. The van der Waals surface area contributed by atoms with Gasteiger partial charge in [-0.25, -0.2) is 0 Å². The molecule has 0 atom stereocenters. The Hall–Kier alpha value is -2.33. The van der Waals surface area contributed by atoms with Crippen molar-refractivity contribution in [1.82, 2.24) is 4.90 Å². The molecule has 2 rings (SSSR count). The summed E-state index contributed by atoms with van der Waals surface area (Å²) in [5.41, 5.74) is 2.71. The molecule has 2 aromatic carbocycles. The molecule has 0 unspecified atom stereocenters. The minimum Gasteiger partial charge on any atom is -0.329 e. The average Bonchev–Trinajstić information content (AvgIpc) is 2.48. The molecule has 0 bridgehead atoms. The van der Waals surface area contributed by atoms with E-state index in [1.807, 2.05) is 43.3 Å². The van der Waals surface area contributed by atoms with Crippen molar-refractivity contribution in [3.63, 3.8) is 0 Å². The number of rotatable bonds is 5. The third-order valence-corrected chi connectivity index (χ3v) is 3.62. The summed E-state index contributed by atoms with van der Waals surface area (Å²) in [6.45, 7) is 3.79. The number of anilines is 1. The lowest BCUT2D eigenvalue weighted by Crippen LogP contribution is -2.36. The molecule has 0 aliphatic rings. The molecule has 1 N–H and O–H groups in total. The van der Waals surface area contributed by atoms with Crippen LogP contribution >= 0.6 is 11.6 Å². The van der Waals surface area contributed by atoms with Crippen LogP contribution in [0, 0.1) is 6.92 Å². The van der Waals surface area contributed by atoms with E-state index in [1.165, 1.54) is 11.8 Å². The van der Waals surface area contributed by atoms with E-state index in [2.05, 4.69) is 5.32 Å². The summed E-state index contributed by atoms with van der Waals surface area (Å²) in [6, 6.07) is 14.8. The lowest BCUT2D eigenvalue weighted by molar-refractivity contribution is -0.133. The highest BCUT2D eigenvalue weighted by molar-refractivity contribution is 6.30. The molecule has 0 saturated heterocycles. The van der Waals surface area contributed by atoms with E-state index in [-0.39, 0.29) is 18.4 Å². The van der Waals surface area contributed by atoms with Gasteiger partial charge in [0.25, 0.3) is 0 Å². The first-order chi connectivity index (χ1) is 10.9. The third kappa shape index (κ3) is 5.42. The van der Waals surface area contributed by atoms with Crippen molar-refractivity contribution in [2.45, 2.75) is 20.4 Å². The average molecular weight is 331 g/mol. The molecule has 0 fully saturated rings. The van der Waals surface area contributed by atoms with Crippen molar-refractivity contribution in [2.75, 3.05) is 11.9 Å². The summed E-state index contributed by atoms with van der Waals surface area (Å²) in [5.74, 6) is -0.376. The molecule has 0 saturated carbocycles. The van der Waals surface area contributed by atoms with Crippen LogP contribution in [-0.4, -0.2) is 23.3 Å². The van der Waals surface area contributed by atoms with E-state index in [4.69, 9.17) is 11.6 Å². The summed E-state index contributed by atoms with van der Waals surface area (Å²) < 4.78 is 0. The van der Waals surface area contributed by atoms with E-state index in [0.29, 0.717) is 11.6 Å². The molecule has 4 nitrogen and oxygen atoms in total. The molecular formula is C18H19ClN2O2. The van der Waals surface area contributed by atoms with Crippen LogP contribution in [0.2, 0.25) is 5.02 Å². The van der Waals surface area contributed by atoms with Crippen LogP contribution in [-0.2, 0) is 16.1 Å². The Morgan fingerprint density at radius 2 is 1.83 bits per heavy atom. The zero-order valence-electron chi connectivity index (χ0n) is 13.2. The maximum absolute atomic E-state index is 12.2. The van der Waals surface area contributed by atoms with Crippen molar-refractivity contribution in [2.24, 2.45) is 0 Å². The van der Waals surface area contributed by atoms with Crippen LogP contribution in [0.5, 0.6) is 0 Å². The number of halogens is 1. The number of carbonyl (C=O) groups excluding carboxylic acids is 2. The normalized spacial score (nSPS) is 10.2. The number of hydrogen-bond acceptors (Lipinski definition) is 2. The van der Waals surface area contributed by atoms with E-state index < -0.39 is 0 Å². The van der Waals surface area contributed by atoms with Gasteiger partial charge in [-0.1, -0.05) is 35.9 Å². The number of nitrogens with one attached hydrogen (secondary N) is 1. The fraction of sp³-hybridized carbons (Fsp3) is 0.222. The molecule has 0 aliphatic heterocycles. The SMILES string of the molecule is CC(=O)N(CC(=O)Nc1cccc(C)c1)Cc1ccc(Cl)cc1. The van der Waals surface area contributed by atoms with Gasteiger partial charge in [0.05, 0.1) is 0 Å². The highest BCUT2D eigenvalue weighted by Crippen LogP contribution is 2.13. The van der Waals surface area contributed by atoms with Gasteiger partial charge in [-0.15, -0.1) is 0 Å². The summed E-state index contributed by atoms with van der Waals surface area (Å²) in [5, 5.41) is 3.45. The third-order valence-electron chi connectivity index (χ3n) is 3.37. The van der Waals surface area contributed by atoms with E-state index in [0.717, 1.165) is 16.8 Å². The Balaban J connectivity index is 1.99. The molecule has 120 valence electrons. The van der Waals surface area contributed by atoms with Crippen molar-refractivity contribution in [3.8, 4) is 0 Å². The van der Waals surface area contributed by atoms with Gasteiger partial charge in [-0.05, 0) is 42.3 Å². The molecule has 0 aromatic heterocycles. The second-order valence-electron chi connectivity index (χ2n) is 5.42. The predicted molar refractivity (Wildman–Crippen MR) is 92.4 cm³/mol. The largest absolute Gasteiger partial charge is 0.329 e. The zero-order chi connectivity index (χ0) is 16.8. The second kappa shape index (κ2) is 7.79. The Morgan fingerprint density at radius 3 is 2.43 bits per heavy atom. The van der Waals surface area contributed by atoms with Crippen LogP contribution in [0.3, 0.4) is 0 Å². The fourth-order valence-corrected chi connectivity index (χ4v) is 2.31. The molecule has 23 heavy (non-hydrogen) atoms. The van der Waals surface area contributed by atoms with Crippen molar-refractivity contribution in [1.29, 1.82) is 0 Å². The summed E-state index contributed by atoms with van der Waals surface area (Å²) in [7, 11) is 0. The number of benzene rings is 2. The van der Waals surface area contributed by atoms with Crippen molar-refractivity contribution < 1.29 is 9.59 Å². The molecule has 0 spiro atoms. The molecule has 5 heteroatoms. The topological polar surface area (TPSA) is 49.4 Å². The highest BCUT2D eigenvalue weighted by Gasteiger charge is 2.14. The fourth-order valence-electron chi connectivity index (χ4n) is 2.19. The number of hydrogen-bond donors (Lipinski definition) is 1. The smallest absolute Gasteiger partial charge is 0.244 e. The van der Waals surface area contributed by atoms with Crippen LogP contribution < -0.4 is 5.32 Å². The standard InChI is InChI=1S/C18H19ClN2O2/c1-13-4-3-5-17(10-13)20-18(23)12-21(14(2)22)11-15-6-8-16(19)9-7-15/h3-10H,11-12H2,1-2H3,(H,20,23). The maximum atomic E-state index is 12.2.